The summed E-state index contributed by atoms with van der Waals surface area (Å²) in [6, 6.07) is 1.85. The molecule has 1 aromatic rings. The van der Waals surface area contributed by atoms with Gasteiger partial charge in [0.15, 0.2) is 11.6 Å². The lowest BCUT2D eigenvalue weighted by Crippen LogP contribution is -2.52. The molecule has 0 aromatic heterocycles. The van der Waals surface area contributed by atoms with E-state index in [-0.39, 0.29) is 48.8 Å². The molecule has 2 fully saturated rings. The van der Waals surface area contributed by atoms with Crippen molar-refractivity contribution in [1.29, 1.82) is 0 Å². The molecule has 3 atom stereocenters. The highest BCUT2D eigenvalue weighted by atomic mass is 19.1. The highest BCUT2D eigenvalue weighted by Gasteiger charge is 2.40. The summed E-state index contributed by atoms with van der Waals surface area (Å²) in [7, 11) is 0. The lowest BCUT2D eigenvalue weighted by atomic mass is 10.0. The van der Waals surface area contributed by atoms with Crippen LogP contribution in [0.4, 0.5) is 4.39 Å². The third-order valence-electron chi connectivity index (χ3n) is 5.36. The molecular formula is C18H20FN3O4. The van der Waals surface area contributed by atoms with Crippen LogP contribution in [0.5, 0.6) is 5.75 Å². The highest BCUT2D eigenvalue weighted by molar-refractivity contribution is 6.05. The number of carbonyl (C=O) groups is 3. The van der Waals surface area contributed by atoms with Crippen LogP contribution in [0, 0.1) is 5.82 Å². The van der Waals surface area contributed by atoms with E-state index in [1.165, 1.54) is 17.0 Å². The number of nitrogens with one attached hydrogen (secondary N) is 1. The standard InChI is InChI=1S/C18H20FN3O4/c19-11-7-10-9(6-15(11)26-14-3-1-2-12(14)20)8-22(18(10)25)13-4-5-16(23)21-17(13)24/h6-7,12-14H,1-5,8,20H2,(H,21,23,24)/t12-,13?,14-/m0/s1. The van der Waals surface area contributed by atoms with E-state index in [4.69, 9.17) is 10.5 Å². The van der Waals surface area contributed by atoms with Crippen LogP contribution in [0.25, 0.3) is 0 Å². The lowest BCUT2D eigenvalue weighted by molar-refractivity contribution is -0.136. The summed E-state index contributed by atoms with van der Waals surface area (Å²) in [6.07, 6.45) is 2.79. The maximum atomic E-state index is 14.4. The van der Waals surface area contributed by atoms with E-state index in [1.54, 1.807) is 0 Å². The third kappa shape index (κ3) is 2.84. The molecule has 1 saturated heterocycles. The number of imide groups is 1. The Kier molecular flexibility index (Phi) is 4.14. The van der Waals surface area contributed by atoms with Gasteiger partial charge in [-0.25, -0.2) is 4.39 Å². The van der Waals surface area contributed by atoms with Crippen LogP contribution in [0.2, 0.25) is 0 Å². The summed E-state index contributed by atoms with van der Waals surface area (Å²) in [5.74, 6) is -1.76. The van der Waals surface area contributed by atoms with Gasteiger partial charge >= 0.3 is 0 Å². The third-order valence-corrected chi connectivity index (χ3v) is 5.36. The number of benzene rings is 1. The average Bonchev–Trinajstić information content (AvgIpc) is 3.13. The van der Waals surface area contributed by atoms with E-state index in [0.717, 1.165) is 19.3 Å². The van der Waals surface area contributed by atoms with Gasteiger partial charge in [-0.05, 0) is 43.4 Å². The quantitative estimate of drug-likeness (QED) is 0.777. The Balaban J connectivity index is 1.56. The van der Waals surface area contributed by atoms with Crippen LogP contribution < -0.4 is 15.8 Å². The molecule has 1 aromatic carbocycles. The molecule has 138 valence electrons. The molecule has 3 amide bonds. The molecule has 3 N–H and O–H groups in total. The van der Waals surface area contributed by atoms with Crippen molar-refractivity contribution >= 4 is 17.7 Å². The van der Waals surface area contributed by atoms with Gasteiger partial charge in [0, 0.05) is 24.6 Å². The summed E-state index contributed by atoms with van der Waals surface area (Å²) in [5, 5.41) is 2.25. The van der Waals surface area contributed by atoms with Crippen molar-refractivity contribution in [2.75, 3.05) is 0 Å². The van der Waals surface area contributed by atoms with Crippen molar-refractivity contribution in [3.63, 3.8) is 0 Å². The molecule has 2 aliphatic heterocycles. The average molecular weight is 361 g/mol. The molecule has 26 heavy (non-hydrogen) atoms. The first kappa shape index (κ1) is 17.0. The first-order valence-corrected chi connectivity index (χ1v) is 8.83. The number of ether oxygens (including phenoxy) is 1. The summed E-state index contributed by atoms with van der Waals surface area (Å²) < 4.78 is 20.2. The zero-order valence-corrected chi connectivity index (χ0v) is 14.2. The molecule has 0 bridgehead atoms. The molecule has 1 unspecified atom stereocenters. The zero-order valence-electron chi connectivity index (χ0n) is 14.2. The molecule has 1 saturated carbocycles. The van der Waals surface area contributed by atoms with E-state index in [9.17, 15) is 18.8 Å². The molecule has 7 nitrogen and oxygen atoms in total. The summed E-state index contributed by atoms with van der Waals surface area (Å²) in [4.78, 5) is 37.4. The SMILES string of the molecule is N[C@H]1CCC[C@@H]1Oc1cc2c(cc1F)C(=O)N(C1CCC(=O)NC1=O)C2. The van der Waals surface area contributed by atoms with Crippen LogP contribution in [0.15, 0.2) is 12.1 Å². The van der Waals surface area contributed by atoms with Gasteiger partial charge < -0.3 is 15.4 Å². The number of amides is 3. The predicted molar refractivity (Wildman–Crippen MR) is 88.7 cm³/mol. The van der Waals surface area contributed by atoms with Crippen LogP contribution in [0.3, 0.4) is 0 Å². The Hall–Kier alpha value is -2.48. The number of hydrogen-bond donors (Lipinski definition) is 2. The number of hydrogen-bond acceptors (Lipinski definition) is 5. The predicted octanol–water partition coefficient (Wildman–Crippen LogP) is 0.845. The van der Waals surface area contributed by atoms with E-state index in [1.807, 2.05) is 0 Å². The molecule has 1 aliphatic carbocycles. The van der Waals surface area contributed by atoms with Crippen LogP contribution in [-0.4, -0.2) is 40.8 Å². The molecule has 2 heterocycles. The van der Waals surface area contributed by atoms with Crippen molar-refractivity contribution in [3.05, 3.63) is 29.1 Å². The normalized spacial score (nSPS) is 28.3. The largest absolute Gasteiger partial charge is 0.486 e. The van der Waals surface area contributed by atoms with E-state index in [2.05, 4.69) is 5.32 Å². The zero-order chi connectivity index (χ0) is 18.4. The van der Waals surface area contributed by atoms with Gasteiger partial charge in [-0.1, -0.05) is 0 Å². The summed E-state index contributed by atoms with van der Waals surface area (Å²) in [6.45, 7) is 0.188. The first-order chi connectivity index (χ1) is 12.4. The molecule has 3 aliphatic rings. The van der Waals surface area contributed by atoms with Crippen molar-refractivity contribution in [2.24, 2.45) is 5.73 Å². The highest BCUT2D eigenvalue weighted by Crippen LogP contribution is 2.33. The van der Waals surface area contributed by atoms with E-state index >= 15 is 0 Å². The fraction of sp³-hybridized carbons (Fsp3) is 0.500. The Labute approximate surface area is 149 Å². The second-order valence-corrected chi connectivity index (χ2v) is 7.09. The summed E-state index contributed by atoms with van der Waals surface area (Å²) >= 11 is 0. The monoisotopic (exact) mass is 361 g/mol. The lowest BCUT2D eigenvalue weighted by Gasteiger charge is -2.29. The number of nitrogens with two attached hydrogens (primary N) is 1. The van der Waals surface area contributed by atoms with Crippen LogP contribution in [0.1, 0.15) is 48.0 Å². The van der Waals surface area contributed by atoms with Gasteiger partial charge in [-0.2, -0.15) is 0 Å². The number of piperidine rings is 1. The topological polar surface area (TPSA) is 102 Å². The van der Waals surface area contributed by atoms with Gasteiger partial charge in [0.25, 0.3) is 5.91 Å². The van der Waals surface area contributed by atoms with Crippen LogP contribution >= 0.6 is 0 Å². The molecule has 4 rings (SSSR count). The minimum atomic E-state index is -0.719. The minimum Gasteiger partial charge on any atom is -0.486 e. The van der Waals surface area contributed by atoms with E-state index in [0.29, 0.717) is 5.56 Å². The number of fused-ring (bicyclic) bond motifs is 1. The Bertz CT molecular complexity index is 797. The van der Waals surface area contributed by atoms with Crippen molar-refractivity contribution in [2.45, 2.75) is 56.8 Å². The first-order valence-electron chi connectivity index (χ1n) is 8.83. The van der Waals surface area contributed by atoms with Gasteiger partial charge in [0.1, 0.15) is 12.1 Å². The van der Waals surface area contributed by atoms with Crippen LogP contribution in [-0.2, 0) is 16.1 Å². The maximum Gasteiger partial charge on any atom is 0.255 e. The van der Waals surface area contributed by atoms with Gasteiger partial charge in [0.2, 0.25) is 11.8 Å². The number of rotatable bonds is 3. The smallest absolute Gasteiger partial charge is 0.255 e. The van der Waals surface area contributed by atoms with Crippen molar-refractivity contribution in [1.82, 2.24) is 10.2 Å². The second-order valence-electron chi connectivity index (χ2n) is 7.09. The Morgan fingerprint density at radius 3 is 2.69 bits per heavy atom. The van der Waals surface area contributed by atoms with E-state index < -0.39 is 23.7 Å². The van der Waals surface area contributed by atoms with Crippen molar-refractivity contribution < 1.29 is 23.5 Å². The second kappa shape index (κ2) is 6.35. The molecule has 8 heteroatoms. The maximum absolute atomic E-state index is 14.4. The molecular weight excluding hydrogens is 341 g/mol. The number of nitrogens with zero attached hydrogens (tertiary/aromatic N) is 1. The molecule has 0 radical (unpaired) electrons. The Morgan fingerprint density at radius 1 is 1.19 bits per heavy atom. The number of carbonyl (C=O) groups excluding carboxylic acids is 3. The molecule has 0 spiro atoms. The Morgan fingerprint density at radius 2 is 2.00 bits per heavy atom. The van der Waals surface area contributed by atoms with Gasteiger partial charge in [0.05, 0.1) is 0 Å². The minimum absolute atomic E-state index is 0.0871. The fourth-order valence-electron chi connectivity index (χ4n) is 3.92. The fourth-order valence-corrected chi connectivity index (χ4v) is 3.92. The number of halogens is 1. The summed E-state index contributed by atoms with van der Waals surface area (Å²) in [5.41, 5.74) is 6.82. The van der Waals surface area contributed by atoms with Gasteiger partial charge in [-0.15, -0.1) is 0 Å². The van der Waals surface area contributed by atoms with Gasteiger partial charge in [-0.3, -0.25) is 19.7 Å². The van der Waals surface area contributed by atoms with Crippen molar-refractivity contribution in [3.8, 4) is 5.75 Å².